The molecule has 1 aromatic heterocycles. The summed E-state index contributed by atoms with van der Waals surface area (Å²) in [5.74, 6) is -0.461. The molecule has 78 valence electrons. The lowest BCUT2D eigenvalue weighted by atomic mass is 10.3. The molecule has 0 radical (unpaired) electrons. The maximum atomic E-state index is 11.5. The van der Waals surface area contributed by atoms with Crippen molar-refractivity contribution in [2.45, 2.75) is 26.4 Å². The van der Waals surface area contributed by atoms with Gasteiger partial charge in [0, 0.05) is 13.2 Å². The minimum absolute atomic E-state index is 0.107. The van der Waals surface area contributed by atoms with E-state index in [-0.39, 0.29) is 11.8 Å². The van der Waals surface area contributed by atoms with E-state index >= 15 is 0 Å². The van der Waals surface area contributed by atoms with Crippen LogP contribution >= 0.6 is 0 Å². The van der Waals surface area contributed by atoms with Crippen LogP contribution in [0.3, 0.4) is 0 Å². The predicted molar refractivity (Wildman–Crippen MR) is 52.8 cm³/mol. The lowest BCUT2D eigenvalue weighted by Gasteiger charge is -2.09. The van der Waals surface area contributed by atoms with Gasteiger partial charge in [-0.1, -0.05) is 6.92 Å². The Hall–Kier alpha value is -1.52. The van der Waals surface area contributed by atoms with Crippen molar-refractivity contribution >= 4 is 11.7 Å². The normalized spacial score (nSPS) is 12.5. The first kappa shape index (κ1) is 10.6. The topological polar surface area (TPSA) is 70.1 Å². The minimum atomic E-state index is -0.461. The Morgan fingerprint density at radius 1 is 1.79 bits per heavy atom. The number of aryl methyl sites for hydroxylation is 1. The number of carbonyl (C=O) groups excluding carboxylic acids is 1. The van der Waals surface area contributed by atoms with Crippen LogP contribution < -0.4 is 5.73 Å². The number of nitrogen functional groups attached to an aromatic ring is 1. The van der Waals surface area contributed by atoms with Gasteiger partial charge in [0.1, 0.15) is 0 Å². The van der Waals surface area contributed by atoms with E-state index < -0.39 is 5.97 Å². The van der Waals surface area contributed by atoms with E-state index in [1.165, 1.54) is 4.68 Å². The van der Waals surface area contributed by atoms with Gasteiger partial charge in [0.15, 0.2) is 5.69 Å². The molecule has 0 saturated carbocycles. The number of rotatable bonds is 3. The molecular weight excluding hydrogens is 182 g/mol. The molecule has 0 aromatic carbocycles. The highest BCUT2D eigenvalue weighted by Gasteiger charge is 2.17. The summed E-state index contributed by atoms with van der Waals surface area (Å²) in [5, 5.41) is 3.91. The van der Waals surface area contributed by atoms with Gasteiger partial charge in [0.2, 0.25) is 0 Å². The molecule has 0 aliphatic carbocycles. The molecular formula is C9H15N3O2. The first-order chi connectivity index (χ1) is 6.54. The Morgan fingerprint density at radius 3 is 2.86 bits per heavy atom. The van der Waals surface area contributed by atoms with Crippen molar-refractivity contribution in [2.75, 3.05) is 5.73 Å². The zero-order chi connectivity index (χ0) is 10.7. The van der Waals surface area contributed by atoms with Crippen LogP contribution in [-0.4, -0.2) is 21.9 Å². The summed E-state index contributed by atoms with van der Waals surface area (Å²) in [7, 11) is 1.70. The van der Waals surface area contributed by atoms with Crippen molar-refractivity contribution in [1.82, 2.24) is 9.78 Å². The van der Waals surface area contributed by atoms with E-state index in [0.29, 0.717) is 5.69 Å². The monoisotopic (exact) mass is 197 g/mol. The average molecular weight is 197 g/mol. The Bertz CT molecular complexity index is 333. The largest absolute Gasteiger partial charge is 0.458 e. The van der Waals surface area contributed by atoms with Gasteiger partial charge in [-0.15, -0.1) is 0 Å². The molecule has 0 aliphatic rings. The highest BCUT2D eigenvalue weighted by Crippen LogP contribution is 2.11. The van der Waals surface area contributed by atoms with E-state index in [4.69, 9.17) is 10.5 Å². The lowest BCUT2D eigenvalue weighted by Crippen LogP contribution is -2.15. The van der Waals surface area contributed by atoms with Gasteiger partial charge in [-0.05, 0) is 13.3 Å². The summed E-state index contributed by atoms with van der Waals surface area (Å²) >= 11 is 0. The van der Waals surface area contributed by atoms with Crippen LogP contribution in [0.5, 0.6) is 0 Å². The van der Waals surface area contributed by atoms with Crippen LogP contribution in [0.4, 0.5) is 5.69 Å². The third kappa shape index (κ3) is 2.25. The molecule has 2 N–H and O–H groups in total. The van der Waals surface area contributed by atoms with E-state index in [2.05, 4.69) is 5.10 Å². The number of nitrogens with zero attached hydrogens (tertiary/aromatic N) is 2. The van der Waals surface area contributed by atoms with Crippen molar-refractivity contribution in [3.8, 4) is 0 Å². The van der Waals surface area contributed by atoms with Gasteiger partial charge < -0.3 is 10.5 Å². The summed E-state index contributed by atoms with van der Waals surface area (Å²) < 4.78 is 6.57. The Kier molecular flexibility index (Phi) is 3.11. The lowest BCUT2D eigenvalue weighted by molar-refractivity contribution is 0.0328. The first-order valence-electron chi connectivity index (χ1n) is 4.54. The van der Waals surface area contributed by atoms with Crippen LogP contribution in [0.2, 0.25) is 0 Å². The number of anilines is 1. The minimum Gasteiger partial charge on any atom is -0.458 e. The zero-order valence-electron chi connectivity index (χ0n) is 8.65. The molecule has 1 heterocycles. The molecule has 1 aromatic rings. The van der Waals surface area contributed by atoms with Crippen molar-refractivity contribution in [3.63, 3.8) is 0 Å². The van der Waals surface area contributed by atoms with E-state index in [1.807, 2.05) is 13.8 Å². The third-order valence-electron chi connectivity index (χ3n) is 1.93. The van der Waals surface area contributed by atoms with E-state index in [1.54, 1.807) is 13.2 Å². The maximum absolute atomic E-state index is 11.5. The highest BCUT2D eigenvalue weighted by molar-refractivity contribution is 5.92. The first-order valence-corrected chi connectivity index (χ1v) is 4.54. The molecule has 0 aliphatic heterocycles. The summed E-state index contributed by atoms with van der Waals surface area (Å²) in [6.07, 6.45) is 2.25. The smallest absolute Gasteiger partial charge is 0.361 e. The fourth-order valence-corrected chi connectivity index (χ4v) is 0.987. The number of aromatic nitrogens is 2. The van der Waals surface area contributed by atoms with Gasteiger partial charge in [0.25, 0.3) is 0 Å². The molecule has 0 bridgehead atoms. The number of hydrogen-bond donors (Lipinski definition) is 1. The molecule has 5 nitrogen and oxygen atoms in total. The third-order valence-corrected chi connectivity index (χ3v) is 1.93. The van der Waals surface area contributed by atoms with Crippen LogP contribution in [0, 0.1) is 0 Å². The van der Waals surface area contributed by atoms with Crippen molar-refractivity contribution in [2.24, 2.45) is 7.05 Å². The number of carbonyl (C=O) groups is 1. The second kappa shape index (κ2) is 4.13. The molecule has 1 unspecified atom stereocenters. The fraction of sp³-hybridized carbons (Fsp3) is 0.556. The van der Waals surface area contributed by atoms with Crippen LogP contribution in [0.1, 0.15) is 30.8 Å². The standard InChI is InChI=1S/C9H15N3O2/c1-4-6(2)14-9(13)8-7(10)5-12(3)11-8/h5-6H,4,10H2,1-3H3. The van der Waals surface area contributed by atoms with Crippen LogP contribution in [0.25, 0.3) is 0 Å². The molecule has 1 atom stereocenters. The maximum Gasteiger partial charge on any atom is 0.361 e. The van der Waals surface area contributed by atoms with Gasteiger partial charge in [-0.25, -0.2) is 4.79 Å². The van der Waals surface area contributed by atoms with E-state index in [0.717, 1.165) is 6.42 Å². The van der Waals surface area contributed by atoms with Gasteiger partial charge >= 0.3 is 5.97 Å². The van der Waals surface area contributed by atoms with Crippen LogP contribution in [0.15, 0.2) is 6.20 Å². The summed E-state index contributed by atoms with van der Waals surface area (Å²) in [5.41, 5.74) is 6.11. The Balaban J connectivity index is 2.74. The Labute approximate surface area is 82.8 Å². The summed E-state index contributed by atoms with van der Waals surface area (Å²) in [4.78, 5) is 11.5. The molecule has 1 rings (SSSR count). The predicted octanol–water partition coefficient (Wildman–Crippen LogP) is 0.958. The molecule has 14 heavy (non-hydrogen) atoms. The molecule has 0 saturated heterocycles. The Morgan fingerprint density at radius 2 is 2.43 bits per heavy atom. The molecule has 5 heteroatoms. The van der Waals surface area contributed by atoms with Gasteiger partial charge in [-0.3, -0.25) is 4.68 Å². The fourth-order valence-electron chi connectivity index (χ4n) is 0.987. The average Bonchev–Trinajstić information content (AvgIpc) is 2.45. The quantitative estimate of drug-likeness (QED) is 0.732. The second-order valence-corrected chi connectivity index (χ2v) is 3.23. The van der Waals surface area contributed by atoms with Crippen molar-refractivity contribution in [3.05, 3.63) is 11.9 Å². The number of ether oxygens (including phenoxy) is 1. The summed E-state index contributed by atoms with van der Waals surface area (Å²) in [6, 6.07) is 0. The van der Waals surface area contributed by atoms with Crippen LogP contribution in [-0.2, 0) is 11.8 Å². The highest BCUT2D eigenvalue weighted by atomic mass is 16.5. The number of esters is 1. The number of hydrogen-bond acceptors (Lipinski definition) is 4. The van der Waals surface area contributed by atoms with Crippen molar-refractivity contribution in [1.29, 1.82) is 0 Å². The van der Waals surface area contributed by atoms with Gasteiger partial charge in [0.05, 0.1) is 11.8 Å². The molecule has 0 fully saturated rings. The van der Waals surface area contributed by atoms with Gasteiger partial charge in [-0.2, -0.15) is 5.10 Å². The molecule has 0 amide bonds. The van der Waals surface area contributed by atoms with Crippen molar-refractivity contribution < 1.29 is 9.53 Å². The summed E-state index contributed by atoms with van der Waals surface area (Å²) in [6.45, 7) is 3.77. The number of nitrogens with two attached hydrogens (primary N) is 1. The SMILES string of the molecule is CCC(C)OC(=O)c1nn(C)cc1N. The van der Waals surface area contributed by atoms with E-state index in [9.17, 15) is 4.79 Å². The zero-order valence-corrected chi connectivity index (χ0v) is 8.65. The molecule has 0 spiro atoms. The second-order valence-electron chi connectivity index (χ2n) is 3.23.